The summed E-state index contributed by atoms with van der Waals surface area (Å²) in [5, 5.41) is 3.25. The molecule has 5 heteroatoms. The lowest BCUT2D eigenvalue weighted by Crippen LogP contribution is -2.16. The van der Waals surface area contributed by atoms with Gasteiger partial charge in [0.1, 0.15) is 0 Å². The van der Waals surface area contributed by atoms with E-state index in [1.54, 1.807) is 13.0 Å². The van der Waals surface area contributed by atoms with Gasteiger partial charge in [-0.1, -0.05) is 73.6 Å². The van der Waals surface area contributed by atoms with Crippen LogP contribution in [-0.2, 0) is 0 Å². The summed E-state index contributed by atoms with van der Waals surface area (Å²) in [4.78, 5) is 0. The summed E-state index contributed by atoms with van der Waals surface area (Å²) in [6.45, 7) is 9.25. The van der Waals surface area contributed by atoms with Crippen molar-refractivity contribution in [2.45, 2.75) is 117 Å². The van der Waals surface area contributed by atoms with Crippen LogP contribution in [0.25, 0.3) is 0 Å². The highest BCUT2D eigenvalue weighted by atomic mass is 19.4. The average Bonchev–Trinajstić information content (AvgIpc) is 2.92. The van der Waals surface area contributed by atoms with Crippen molar-refractivity contribution in [3.05, 3.63) is 69.4 Å². The fourth-order valence-corrected chi connectivity index (χ4v) is 5.83. The largest absolute Gasteiger partial charge is 0.412 e. The molecule has 0 amide bonds. The van der Waals surface area contributed by atoms with Crippen LogP contribution in [-0.4, -0.2) is 26.3 Å². The minimum absolute atomic E-state index is 0.0757. The first-order valence-electron chi connectivity index (χ1n) is 15.6. The molecular weight excluding hydrogens is 517 g/mol. The van der Waals surface area contributed by atoms with Crippen molar-refractivity contribution >= 4 is 0 Å². The Hall–Kier alpha value is -2.29. The molecule has 0 aromatic heterocycles. The maximum atomic E-state index is 14.2. The average molecular weight is 573 g/mol. The molecule has 0 radical (unpaired) electrons. The van der Waals surface area contributed by atoms with Crippen LogP contribution in [0.3, 0.4) is 0 Å². The molecule has 0 aromatic carbocycles. The minimum Gasteiger partial charge on any atom is -0.327 e. The number of rotatable bonds is 18. The zero-order chi connectivity index (χ0) is 30.7. The second kappa shape index (κ2) is 20.6. The van der Waals surface area contributed by atoms with Crippen molar-refractivity contribution in [2.75, 3.05) is 20.1 Å². The van der Waals surface area contributed by atoms with E-state index in [-0.39, 0.29) is 6.42 Å². The highest BCUT2D eigenvalue weighted by Gasteiger charge is 2.35. The molecule has 1 rings (SSSR count). The van der Waals surface area contributed by atoms with Crippen LogP contribution in [0.4, 0.5) is 13.2 Å². The molecule has 0 spiro atoms. The lowest BCUT2D eigenvalue weighted by Gasteiger charge is -2.25. The molecular formula is C36H55F3N2. The Morgan fingerprint density at radius 3 is 2.44 bits per heavy atom. The Morgan fingerprint density at radius 1 is 1.10 bits per heavy atom. The number of nitrogens with two attached hydrogens (primary N) is 1. The summed E-state index contributed by atoms with van der Waals surface area (Å²) in [7, 11) is 1.98. The van der Waals surface area contributed by atoms with E-state index in [0.717, 1.165) is 81.9 Å². The fourth-order valence-electron chi connectivity index (χ4n) is 5.83. The number of nitrogens with one attached hydrogen (secondary N) is 1. The molecule has 0 bridgehead atoms. The van der Waals surface area contributed by atoms with E-state index in [1.165, 1.54) is 16.7 Å². The van der Waals surface area contributed by atoms with E-state index >= 15 is 0 Å². The Balaban J connectivity index is 3.25. The lowest BCUT2D eigenvalue weighted by molar-refractivity contribution is -0.0941. The van der Waals surface area contributed by atoms with Crippen LogP contribution in [0, 0.1) is 18.3 Å². The normalized spacial score (nSPS) is 17.2. The molecule has 3 N–H and O–H groups in total. The summed E-state index contributed by atoms with van der Waals surface area (Å²) in [5.74, 6) is 3.18. The monoisotopic (exact) mass is 572 g/mol. The number of hydrogen-bond acceptors (Lipinski definition) is 2. The molecule has 230 valence electrons. The third-order valence-corrected chi connectivity index (χ3v) is 7.95. The quantitative estimate of drug-likeness (QED) is 0.0974. The van der Waals surface area contributed by atoms with Gasteiger partial charge in [-0.2, -0.15) is 13.2 Å². The number of alkyl halides is 3. The van der Waals surface area contributed by atoms with E-state index < -0.39 is 11.7 Å². The molecule has 0 saturated carbocycles. The summed E-state index contributed by atoms with van der Waals surface area (Å²) < 4.78 is 42.5. The van der Waals surface area contributed by atoms with Gasteiger partial charge in [0.05, 0.1) is 0 Å². The molecule has 0 aliphatic heterocycles. The van der Waals surface area contributed by atoms with Gasteiger partial charge in [-0.3, -0.25) is 0 Å². The SMILES string of the molecule is C#C/C=C(\C=C(\C)CCCC1=C(/C(=C/C=C\CN)C/C(=C(\C)CCC)C(F)(F)F)CCCC1)C(CCC)CCNC. The van der Waals surface area contributed by atoms with Crippen molar-refractivity contribution in [1.29, 1.82) is 0 Å². The molecule has 0 saturated heterocycles. The third-order valence-electron chi connectivity index (χ3n) is 7.95. The number of allylic oxidation sites excluding steroid dienone is 11. The second-order valence-electron chi connectivity index (χ2n) is 11.4. The molecule has 41 heavy (non-hydrogen) atoms. The number of terminal acetylenes is 1. The van der Waals surface area contributed by atoms with Gasteiger partial charge in [0.2, 0.25) is 0 Å². The first kappa shape index (κ1) is 36.7. The third kappa shape index (κ3) is 14.0. The van der Waals surface area contributed by atoms with Gasteiger partial charge in [0, 0.05) is 18.5 Å². The predicted molar refractivity (Wildman–Crippen MR) is 172 cm³/mol. The van der Waals surface area contributed by atoms with Gasteiger partial charge in [0.25, 0.3) is 0 Å². The summed E-state index contributed by atoms with van der Waals surface area (Å²) in [6.07, 6.45) is 22.1. The van der Waals surface area contributed by atoms with Crippen LogP contribution < -0.4 is 11.1 Å². The Labute approximate surface area is 249 Å². The maximum Gasteiger partial charge on any atom is 0.412 e. The van der Waals surface area contributed by atoms with E-state index in [0.29, 0.717) is 30.9 Å². The summed E-state index contributed by atoms with van der Waals surface area (Å²) in [6, 6.07) is 0. The molecule has 1 atom stereocenters. The molecule has 0 fully saturated rings. The predicted octanol–water partition coefficient (Wildman–Crippen LogP) is 10.1. The second-order valence-corrected chi connectivity index (χ2v) is 11.4. The van der Waals surface area contributed by atoms with Crippen LogP contribution in [0.1, 0.15) is 111 Å². The molecule has 1 unspecified atom stereocenters. The minimum atomic E-state index is -4.33. The number of halogens is 3. The van der Waals surface area contributed by atoms with Gasteiger partial charge in [0.15, 0.2) is 0 Å². The van der Waals surface area contributed by atoms with Gasteiger partial charge in [-0.25, -0.2) is 0 Å². The number of hydrogen-bond donors (Lipinski definition) is 2. The molecule has 1 aliphatic rings. The van der Waals surface area contributed by atoms with E-state index in [9.17, 15) is 13.2 Å². The Morgan fingerprint density at radius 2 is 1.83 bits per heavy atom. The van der Waals surface area contributed by atoms with Gasteiger partial charge < -0.3 is 11.1 Å². The lowest BCUT2D eigenvalue weighted by atomic mass is 9.81. The van der Waals surface area contributed by atoms with Crippen molar-refractivity contribution in [1.82, 2.24) is 5.32 Å². The highest BCUT2D eigenvalue weighted by molar-refractivity contribution is 5.43. The van der Waals surface area contributed by atoms with Gasteiger partial charge >= 0.3 is 6.18 Å². The maximum absolute atomic E-state index is 14.2. The summed E-state index contributed by atoms with van der Waals surface area (Å²) in [5.41, 5.74) is 11.5. The Kier molecular flexibility index (Phi) is 18.4. The van der Waals surface area contributed by atoms with Gasteiger partial charge in [-0.05, 0) is 120 Å². The van der Waals surface area contributed by atoms with Crippen molar-refractivity contribution in [3.8, 4) is 12.3 Å². The molecule has 2 nitrogen and oxygen atoms in total. The highest BCUT2D eigenvalue weighted by Crippen LogP contribution is 2.40. The van der Waals surface area contributed by atoms with Crippen LogP contribution in [0.15, 0.2) is 69.4 Å². The van der Waals surface area contributed by atoms with Crippen molar-refractivity contribution in [2.24, 2.45) is 11.7 Å². The molecule has 0 aromatic rings. The van der Waals surface area contributed by atoms with Crippen LogP contribution in [0.5, 0.6) is 0 Å². The topological polar surface area (TPSA) is 38.0 Å². The molecule has 0 heterocycles. The van der Waals surface area contributed by atoms with E-state index in [4.69, 9.17) is 12.2 Å². The van der Waals surface area contributed by atoms with Crippen molar-refractivity contribution < 1.29 is 13.2 Å². The van der Waals surface area contributed by atoms with Gasteiger partial charge in [-0.15, -0.1) is 6.42 Å². The van der Waals surface area contributed by atoms with Crippen molar-refractivity contribution in [3.63, 3.8) is 0 Å². The van der Waals surface area contributed by atoms with Crippen LogP contribution >= 0.6 is 0 Å². The first-order valence-corrected chi connectivity index (χ1v) is 15.6. The zero-order valence-electron chi connectivity index (χ0n) is 26.4. The fraction of sp³-hybridized carbons (Fsp3) is 0.611. The van der Waals surface area contributed by atoms with Crippen LogP contribution in [0.2, 0.25) is 0 Å². The Bertz CT molecular complexity index is 1010. The van der Waals surface area contributed by atoms with E-state index in [1.807, 2.05) is 32.2 Å². The summed E-state index contributed by atoms with van der Waals surface area (Å²) >= 11 is 0. The molecule has 1 aliphatic carbocycles. The first-order chi connectivity index (χ1) is 19.6. The standard InChI is InChI=1S/C36H55F3N2/c1-7-15-29(5)35(36(37,38)39)27-33(20-12-13-24-40)34-22-11-10-19-31(34)21-14-18-28(4)26-32(17-9-3)30(16-8-2)23-25-41-6/h3,12-13,17,20,26,30,41H,7-8,10-11,14-16,18-19,21-25,27,40H2,1-2,4-6H3/b13-12-,28-26-,32-17+,33-20+,35-29-. The zero-order valence-corrected chi connectivity index (χ0v) is 26.4. The smallest absolute Gasteiger partial charge is 0.327 e. The van der Waals surface area contributed by atoms with E-state index in [2.05, 4.69) is 31.2 Å².